The molecule has 2 heterocycles. The van der Waals surface area contributed by atoms with Crippen molar-refractivity contribution in [3.63, 3.8) is 0 Å². The van der Waals surface area contributed by atoms with Crippen LogP contribution in [-0.4, -0.2) is 23.3 Å². The molecule has 0 N–H and O–H groups in total. The highest BCUT2D eigenvalue weighted by atomic mass is 16.7. The van der Waals surface area contributed by atoms with Crippen LogP contribution in [0.2, 0.25) is 0 Å². The summed E-state index contributed by atoms with van der Waals surface area (Å²) in [6, 6.07) is 10.7. The van der Waals surface area contributed by atoms with E-state index in [1.807, 2.05) is 12.3 Å². The molecule has 1 fully saturated rings. The molecule has 0 amide bonds. The summed E-state index contributed by atoms with van der Waals surface area (Å²) in [5, 5.41) is 0. The molecule has 1 aromatic heterocycles. The number of hydrogen-bond donors (Lipinski definition) is 0. The number of aryl methyl sites for hydroxylation is 2. The lowest BCUT2D eigenvalue weighted by atomic mass is 9.76. The Morgan fingerprint density at radius 3 is 2.39 bits per heavy atom. The van der Waals surface area contributed by atoms with Crippen LogP contribution in [0, 0.1) is 0 Å². The Morgan fingerprint density at radius 1 is 0.957 bits per heavy atom. The summed E-state index contributed by atoms with van der Waals surface area (Å²) < 4.78 is 12.3. The first-order chi connectivity index (χ1) is 10.9. The zero-order chi connectivity index (χ0) is 16.2. The first-order valence-electron chi connectivity index (χ1n) is 8.30. The summed E-state index contributed by atoms with van der Waals surface area (Å²) in [4.78, 5) is 4.57. The largest absolute Gasteiger partial charge is 0.494 e. The average molecular weight is 307 g/mol. The van der Waals surface area contributed by atoms with Gasteiger partial charge in [-0.25, -0.2) is 0 Å². The van der Waals surface area contributed by atoms with Crippen molar-refractivity contribution < 1.29 is 9.31 Å². The van der Waals surface area contributed by atoms with E-state index in [9.17, 15) is 0 Å². The Morgan fingerprint density at radius 2 is 1.65 bits per heavy atom. The highest BCUT2D eigenvalue weighted by molar-refractivity contribution is 6.62. The molecule has 1 aromatic carbocycles. The zero-order valence-corrected chi connectivity index (χ0v) is 14.2. The quantitative estimate of drug-likeness (QED) is 0.759. The highest BCUT2D eigenvalue weighted by Gasteiger charge is 2.51. The van der Waals surface area contributed by atoms with Gasteiger partial charge in [0.1, 0.15) is 0 Å². The fourth-order valence-electron chi connectivity index (χ4n) is 3.33. The molecule has 118 valence electrons. The second-order valence-corrected chi connectivity index (χ2v) is 7.52. The highest BCUT2D eigenvalue weighted by Crippen LogP contribution is 2.37. The predicted octanol–water partition coefficient (Wildman–Crippen LogP) is 3.15. The molecule has 1 aliphatic heterocycles. The van der Waals surface area contributed by atoms with E-state index in [1.54, 1.807) is 0 Å². The zero-order valence-electron chi connectivity index (χ0n) is 14.2. The van der Waals surface area contributed by atoms with Gasteiger partial charge in [-0.1, -0.05) is 24.3 Å². The van der Waals surface area contributed by atoms with Crippen LogP contribution in [0.25, 0.3) is 11.3 Å². The van der Waals surface area contributed by atoms with Crippen molar-refractivity contribution >= 4 is 12.6 Å². The molecule has 2 aliphatic rings. The van der Waals surface area contributed by atoms with Gasteiger partial charge in [-0.05, 0) is 63.2 Å². The molecule has 0 radical (unpaired) electrons. The maximum atomic E-state index is 6.17. The maximum absolute atomic E-state index is 6.17. The van der Waals surface area contributed by atoms with E-state index in [-0.39, 0.29) is 18.3 Å². The molecule has 3 nitrogen and oxygen atoms in total. The number of rotatable bonds is 1. The molecule has 4 rings (SSSR count). The number of hydrogen-bond acceptors (Lipinski definition) is 3. The van der Waals surface area contributed by atoms with Gasteiger partial charge in [-0.15, -0.1) is 0 Å². The van der Waals surface area contributed by atoms with Crippen molar-refractivity contribution in [2.45, 2.75) is 51.7 Å². The SMILES string of the molecule is CC1(C)OB(c2ccc3c(c2)CCc2cccnc2-3)OC1(C)C. The van der Waals surface area contributed by atoms with Crippen LogP contribution in [0.1, 0.15) is 38.8 Å². The minimum absolute atomic E-state index is 0.296. The summed E-state index contributed by atoms with van der Waals surface area (Å²) >= 11 is 0. The van der Waals surface area contributed by atoms with Crippen LogP contribution in [-0.2, 0) is 22.2 Å². The number of nitrogens with zero attached hydrogens (tertiary/aromatic N) is 1. The molecule has 1 saturated heterocycles. The monoisotopic (exact) mass is 307 g/mol. The first kappa shape index (κ1) is 14.9. The van der Waals surface area contributed by atoms with Crippen LogP contribution in [0.3, 0.4) is 0 Å². The molecule has 4 heteroatoms. The lowest BCUT2D eigenvalue weighted by Gasteiger charge is -2.32. The van der Waals surface area contributed by atoms with E-state index >= 15 is 0 Å². The average Bonchev–Trinajstić information content (AvgIpc) is 2.75. The molecule has 0 bridgehead atoms. The second-order valence-electron chi connectivity index (χ2n) is 7.52. The third-order valence-electron chi connectivity index (χ3n) is 5.46. The molecule has 0 unspecified atom stereocenters. The summed E-state index contributed by atoms with van der Waals surface area (Å²) in [7, 11) is -0.296. The third-order valence-corrected chi connectivity index (χ3v) is 5.46. The molecule has 1 aliphatic carbocycles. The number of aromatic nitrogens is 1. The minimum atomic E-state index is -0.304. The normalized spacial score (nSPS) is 21.0. The van der Waals surface area contributed by atoms with Crippen molar-refractivity contribution in [3.8, 4) is 11.3 Å². The lowest BCUT2D eigenvalue weighted by molar-refractivity contribution is 0.00578. The van der Waals surface area contributed by atoms with E-state index < -0.39 is 0 Å². The van der Waals surface area contributed by atoms with Gasteiger partial charge in [0, 0.05) is 11.8 Å². The van der Waals surface area contributed by atoms with E-state index in [4.69, 9.17) is 9.31 Å². The predicted molar refractivity (Wildman–Crippen MR) is 92.8 cm³/mol. The Hall–Kier alpha value is -1.65. The van der Waals surface area contributed by atoms with Crippen LogP contribution < -0.4 is 5.46 Å². The third kappa shape index (κ3) is 2.32. The van der Waals surface area contributed by atoms with Crippen LogP contribution in [0.5, 0.6) is 0 Å². The summed E-state index contributed by atoms with van der Waals surface area (Å²) in [6.07, 6.45) is 3.96. The van der Waals surface area contributed by atoms with Crippen molar-refractivity contribution in [1.82, 2.24) is 4.98 Å². The number of pyridine rings is 1. The summed E-state index contributed by atoms with van der Waals surface area (Å²) in [5.74, 6) is 0. The smallest absolute Gasteiger partial charge is 0.399 e. The Labute approximate surface area is 138 Å². The summed E-state index contributed by atoms with van der Waals surface area (Å²) in [6.45, 7) is 8.36. The molecule has 0 atom stereocenters. The fourth-order valence-corrected chi connectivity index (χ4v) is 3.33. The van der Waals surface area contributed by atoms with E-state index in [2.05, 4.69) is 56.9 Å². The molecule has 23 heavy (non-hydrogen) atoms. The molecular formula is C19H22BNO2. The van der Waals surface area contributed by atoms with Gasteiger partial charge < -0.3 is 9.31 Å². The topological polar surface area (TPSA) is 31.4 Å². The van der Waals surface area contributed by atoms with Crippen molar-refractivity contribution in [2.24, 2.45) is 0 Å². The van der Waals surface area contributed by atoms with E-state index in [0.29, 0.717) is 0 Å². The van der Waals surface area contributed by atoms with Gasteiger partial charge in [0.25, 0.3) is 0 Å². The number of benzene rings is 1. The van der Waals surface area contributed by atoms with E-state index in [1.165, 1.54) is 16.7 Å². The van der Waals surface area contributed by atoms with Gasteiger partial charge in [0.15, 0.2) is 0 Å². The number of fused-ring (bicyclic) bond motifs is 3. The Balaban J connectivity index is 1.70. The van der Waals surface area contributed by atoms with Gasteiger partial charge in [-0.3, -0.25) is 4.98 Å². The fraction of sp³-hybridized carbons (Fsp3) is 0.421. The first-order valence-corrected chi connectivity index (χ1v) is 8.30. The van der Waals surface area contributed by atoms with Crippen LogP contribution >= 0.6 is 0 Å². The molecule has 2 aromatic rings. The van der Waals surface area contributed by atoms with Crippen LogP contribution in [0.4, 0.5) is 0 Å². The molecule has 0 saturated carbocycles. The van der Waals surface area contributed by atoms with Crippen molar-refractivity contribution in [2.75, 3.05) is 0 Å². The Bertz CT molecular complexity index is 754. The lowest BCUT2D eigenvalue weighted by Crippen LogP contribution is -2.41. The van der Waals surface area contributed by atoms with E-state index in [0.717, 1.165) is 24.0 Å². The maximum Gasteiger partial charge on any atom is 0.494 e. The van der Waals surface area contributed by atoms with Crippen LogP contribution in [0.15, 0.2) is 36.5 Å². The second kappa shape index (κ2) is 4.92. The van der Waals surface area contributed by atoms with Gasteiger partial charge >= 0.3 is 7.12 Å². The molecular weight excluding hydrogens is 285 g/mol. The minimum Gasteiger partial charge on any atom is -0.399 e. The standard InChI is InChI=1S/C19H22BNO2/c1-18(2)19(3,4)23-20(22-18)15-9-10-16-14(12-15)8-7-13-6-5-11-21-17(13)16/h5-6,9-12H,7-8H2,1-4H3. The van der Waals surface area contributed by atoms with Gasteiger partial charge in [0.05, 0.1) is 16.9 Å². The Kier molecular flexibility index (Phi) is 3.19. The van der Waals surface area contributed by atoms with Crippen molar-refractivity contribution in [3.05, 3.63) is 47.7 Å². The molecule has 0 spiro atoms. The summed E-state index contributed by atoms with van der Waals surface area (Å²) in [5.41, 5.74) is 5.53. The van der Waals surface area contributed by atoms with Crippen molar-refractivity contribution in [1.29, 1.82) is 0 Å². The van der Waals surface area contributed by atoms with Gasteiger partial charge in [0.2, 0.25) is 0 Å². The van der Waals surface area contributed by atoms with Gasteiger partial charge in [-0.2, -0.15) is 0 Å².